The molecule has 3 nitrogen and oxygen atoms in total. The average Bonchev–Trinajstić information content (AvgIpc) is 2.47. The van der Waals surface area contributed by atoms with Crippen molar-refractivity contribution in [2.24, 2.45) is 23.5 Å². The summed E-state index contributed by atoms with van der Waals surface area (Å²) < 4.78 is 0. The van der Waals surface area contributed by atoms with E-state index in [-0.39, 0.29) is 0 Å². The first-order valence-corrected chi connectivity index (χ1v) is 8.33. The molecule has 3 heteroatoms. The minimum absolute atomic E-state index is 0.348. The van der Waals surface area contributed by atoms with Crippen LogP contribution in [0.25, 0.3) is 0 Å². The molecule has 2 aliphatic rings. The number of nitrogens with two attached hydrogens (primary N) is 1. The summed E-state index contributed by atoms with van der Waals surface area (Å²) >= 11 is 0. The number of likely N-dealkylation sites (tertiary alicyclic amines) is 1. The molecule has 4 unspecified atom stereocenters. The van der Waals surface area contributed by atoms with Crippen LogP contribution in [0.1, 0.15) is 51.9 Å². The summed E-state index contributed by atoms with van der Waals surface area (Å²) in [6.45, 7) is 5.97. The molecular formula is C16H32N2O. The second kappa shape index (κ2) is 7.61. The van der Waals surface area contributed by atoms with Gasteiger partial charge < -0.3 is 10.8 Å². The van der Waals surface area contributed by atoms with Crippen molar-refractivity contribution in [2.75, 3.05) is 26.2 Å². The second-order valence-electron chi connectivity index (χ2n) is 6.67. The van der Waals surface area contributed by atoms with E-state index in [9.17, 15) is 0 Å². The minimum atomic E-state index is 0.348. The zero-order valence-corrected chi connectivity index (χ0v) is 12.6. The number of piperidine rings is 1. The van der Waals surface area contributed by atoms with Crippen LogP contribution in [-0.2, 0) is 0 Å². The van der Waals surface area contributed by atoms with Gasteiger partial charge in [0.25, 0.3) is 0 Å². The Bertz CT molecular complexity index is 257. The highest BCUT2D eigenvalue weighted by Gasteiger charge is 2.34. The molecule has 1 heterocycles. The number of rotatable bonds is 5. The number of hydrogen-bond donors (Lipinski definition) is 2. The lowest BCUT2D eigenvalue weighted by atomic mass is 9.75. The first kappa shape index (κ1) is 15.3. The number of aliphatic hydroxyl groups is 1. The molecule has 0 aromatic heterocycles. The van der Waals surface area contributed by atoms with E-state index in [1.807, 2.05) is 0 Å². The van der Waals surface area contributed by atoms with Crippen LogP contribution in [0.15, 0.2) is 0 Å². The van der Waals surface area contributed by atoms with Crippen molar-refractivity contribution in [3.8, 4) is 0 Å². The molecule has 1 saturated carbocycles. The van der Waals surface area contributed by atoms with E-state index < -0.39 is 0 Å². The van der Waals surface area contributed by atoms with Crippen LogP contribution >= 0.6 is 0 Å². The van der Waals surface area contributed by atoms with E-state index in [1.165, 1.54) is 51.6 Å². The van der Waals surface area contributed by atoms with Crippen molar-refractivity contribution in [2.45, 2.75) is 57.9 Å². The van der Waals surface area contributed by atoms with Gasteiger partial charge in [-0.05, 0) is 62.9 Å². The van der Waals surface area contributed by atoms with Crippen LogP contribution in [0.5, 0.6) is 0 Å². The topological polar surface area (TPSA) is 49.5 Å². The maximum atomic E-state index is 9.15. The largest absolute Gasteiger partial charge is 0.396 e. The molecule has 0 aromatic carbocycles. The van der Waals surface area contributed by atoms with Gasteiger partial charge in [0.1, 0.15) is 0 Å². The van der Waals surface area contributed by atoms with Crippen LogP contribution in [0.2, 0.25) is 0 Å². The van der Waals surface area contributed by atoms with Gasteiger partial charge >= 0.3 is 0 Å². The third-order valence-electron chi connectivity index (χ3n) is 5.50. The van der Waals surface area contributed by atoms with E-state index >= 15 is 0 Å². The third kappa shape index (κ3) is 3.93. The highest BCUT2D eigenvalue weighted by Crippen LogP contribution is 2.35. The van der Waals surface area contributed by atoms with E-state index in [4.69, 9.17) is 10.8 Å². The SMILES string of the molecule is CCC1CCC(CN)C(N2CCCC(CCO)C2)C1. The monoisotopic (exact) mass is 268 g/mol. The molecule has 1 aliphatic heterocycles. The molecule has 0 amide bonds. The lowest BCUT2D eigenvalue weighted by molar-refractivity contribution is 0.0405. The van der Waals surface area contributed by atoms with Crippen molar-refractivity contribution in [3.63, 3.8) is 0 Å². The zero-order valence-electron chi connectivity index (χ0n) is 12.6. The molecule has 0 aromatic rings. The highest BCUT2D eigenvalue weighted by molar-refractivity contribution is 4.89. The number of nitrogens with zero attached hydrogens (tertiary/aromatic N) is 1. The van der Waals surface area contributed by atoms with E-state index in [1.54, 1.807) is 0 Å². The van der Waals surface area contributed by atoms with Crippen molar-refractivity contribution >= 4 is 0 Å². The van der Waals surface area contributed by atoms with Crippen LogP contribution < -0.4 is 5.73 Å². The normalized spacial score (nSPS) is 37.4. The maximum absolute atomic E-state index is 9.15. The highest BCUT2D eigenvalue weighted by atomic mass is 16.3. The van der Waals surface area contributed by atoms with Gasteiger partial charge in [-0.2, -0.15) is 0 Å². The molecule has 0 radical (unpaired) electrons. The molecule has 2 fully saturated rings. The standard InChI is InChI=1S/C16H32N2O/c1-2-13-5-6-15(11-17)16(10-13)18-8-3-4-14(12-18)7-9-19/h13-16,19H,2-12,17H2,1H3. The number of hydrogen-bond acceptors (Lipinski definition) is 3. The van der Waals surface area contributed by atoms with Crippen molar-refractivity contribution in [1.29, 1.82) is 0 Å². The Balaban J connectivity index is 1.95. The fourth-order valence-electron chi connectivity index (χ4n) is 4.20. The Hall–Kier alpha value is -0.120. The van der Waals surface area contributed by atoms with Gasteiger partial charge in [-0.1, -0.05) is 19.8 Å². The molecule has 0 bridgehead atoms. The lowest BCUT2D eigenvalue weighted by Gasteiger charge is -2.45. The Kier molecular flexibility index (Phi) is 6.11. The van der Waals surface area contributed by atoms with E-state index in [0.717, 1.165) is 18.9 Å². The van der Waals surface area contributed by atoms with E-state index in [0.29, 0.717) is 24.5 Å². The zero-order chi connectivity index (χ0) is 13.7. The smallest absolute Gasteiger partial charge is 0.0434 e. The van der Waals surface area contributed by atoms with E-state index in [2.05, 4.69) is 11.8 Å². The lowest BCUT2D eigenvalue weighted by Crippen LogP contribution is -2.50. The van der Waals surface area contributed by atoms with Gasteiger partial charge in [0.15, 0.2) is 0 Å². The van der Waals surface area contributed by atoms with Crippen LogP contribution in [-0.4, -0.2) is 42.3 Å². The summed E-state index contributed by atoms with van der Waals surface area (Å²) in [4.78, 5) is 2.71. The summed E-state index contributed by atoms with van der Waals surface area (Å²) in [5, 5.41) is 9.15. The van der Waals surface area contributed by atoms with Gasteiger partial charge in [-0.15, -0.1) is 0 Å². The van der Waals surface area contributed by atoms with Gasteiger partial charge in [0, 0.05) is 19.2 Å². The molecule has 1 saturated heterocycles. The molecule has 2 rings (SSSR count). The number of aliphatic hydroxyl groups excluding tert-OH is 1. The van der Waals surface area contributed by atoms with Gasteiger partial charge in [-0.3, -0.25) is 4.90 Å². The van der Waals surface area contributed by atoms with Crippen LogP contribution in [0.4, 0.5) is 0 Å². The molecule has 1 aliphatic carbocycles. The first-order valence-electron chi connectivity index (χ1n) is 8.33. The summed E-state index contributed by atoms with van der Waals surface area (Å²) in [6, 6.07) is 0.713. The molecule has 4 atom stereocenters. The summed E-state index contributed by atoms with van der Waals surface area (Å²) in [5.74, 6) is 2.32. The van der Waals surface area contributed by atoms with Crippen molar-refractivity contribution in [3.05, 3.63) is 0 Å². The van der Waals surface area contributed by atoms with Crippen LogP contribution in [0.3, 0.4) is 0 Å². The molecular weight excluding hydrogens is 236 g/mol. The third-order valence-corrected chi connectivity index (χ3v) is 5.50. The molecule has 112 valence electrons. The summed E-state index contributed by atoms with van der Waals surface area (Å²) in [7, 11) is 0. The maximum Gasteiger partial charge on any atom is 0.0434 e. The summed E-state index contributed by atoms with van der Waals surface area (Å²) in [6.07, 6.45) is 8.95. The average molecular weight is 268 g/mol. The minimum Gasteiger partial charge on any atom is -0.396 e. The Morgan fingerprint density at radius 3 is 2.74 bits per heavy atom. The van der Waals surface area contributed by atoms with Crippen LogP contribution in [0, 0.1) is 17.8 Å². The molecule has 3 N–H and O–H groups in total. The summed E-state index contributed by atoms with van der Waals surface area (Å²) in [5.41, 5.74) is 6.01. The van der Waals surface area contributed by atoms with Crippen molar-refractivity contribution < 1.29 is 5.11 Å². The first-order chi connectivity index (χ1) is 9.28. The van der Waals surface area contributed by atoms with Crippen molar-refractivity contribution in [1.82, 2.24) is 4.90 Å². The van der Waals surface area contributed by atoms with Gasteiger partial charge in [-0.25, -0.2) is 0 Å². The fourth-order valence-corrected chi connectivity index (χ4v) is 4.20. The second-order valence-corrected chi connectivity index (χ2v) is 6.67. The Morgan fingerprint density at radius 2 is 2.05 bits per heavy atom. The Morgan fingerprint density at radius 1 is 1.21 bits per heavy atom. The molecule has 19 heavy (non-hydrogen) atoms. The quantitative estimate of drug-likeness (QED) is 0.804. The predicted octanol–water partition coefficient (Wildman–Crippen LogP) is 2.23. The van der Waals surface area contributed by atoms with Gasteiger partial charge in [0.2, 0.25) is 0 Å². The predicted molar refractivity (Wildman–Crippen MR) is 80.0 cm³/mol. The fraction of sp³-hybridized carbons (Fsp3) is 1.00. The Labute approximate surface area is 118 Å². The van der Waals surface area contributed by atoms with Gasteiger partial charge in [0.05, 0.1) is 0 Å². The molecule has 0 spiro atoms.